The molecule has 2 aromatic rings. The zero-order valence-electron chi connectivity index (χ0n) is 13.0. The van der Waals surface area contributed by atoms with E-state index in [0.29, 0.717) is 4.47 Å². The maximum Gasteiger partial charge on any atom is 0.344 e. The number of hydrogen-bond acceptors (Lipinski definition) is 5. The van der Waals surface area contributed by atoms with Gasteiger partial charge in [-0.2, -0.15) is 9.65 Å². The zero-order chi connectivity index (χ0) is 18.4. The van der Waals surface area contributed by atoms with Crippen LogP contribution >= 0.6 is 27.5 Å². The summed E-state index contributed by atoms with van der Waals surface area (Å²) in [6.07, 6.45) is 0. The summed E-state index contributed by atoms with van der Waals surface area (Å²) in [5.74, 6) is -1.56. The van der Waals surface area contributed by atoms with Crippen LogP contribution in [-0.2, 0) is 9.53 Å². The lowest BCUT2D eigenvalue weighted by Crippen LogP contribution is -2.15. The summed E-state index contributed by atoms with van der Waals surface area (Å²) in [5, 5.41) is 9.24. The average molecular weight is 429 g/mol. The van der Waals surface area contributed by atoms with Crippen molar-refractivity contribution in [1.29, 1.82) is 5.26 Å². The SMILES string of the molecule is CCOC(=O)COc1ccc(Br)c(Oc2cc(Cl)cc(C#N)c2)c1F. The minimum absolute atomic E-state index is 0.160. The number of hydrogen-bond donors (Lipinski definition) is 0. The molecule has 0 atom stereocenters. The quantitative estimate of drug-likeness (QED) is 0.615. The van der Waals surface area contributed by atoms with Crippen LogP contribution in [0.4, 0.5) is 4.39 Å². The number of benzene rings is 2. The monoisotopic (exact) mass is 427 g/mol. The van der Waals surface area contributed by atoms with Gasteiger partial charge in [-0.3, -0.25) is 0 Å². The summed E-state index contributed by atoms with van der Waals surface area (Å²) in [7, 11) is 0. The van der Waals surface area contributed by atoms with Crippen LogP contribution in [0.2, 0.25) is 5.02 Å². The Bertz CT molecular complexity index is 838. The minimum atomic E-state index is -0.808. The smallest absolute Gasteiger partial charge is 0.344 e. The van der Waals surface area contributed by atoms with Crippen molar-refractivity contribution in [3.8, 4) is 23.3 Å². The van der Waals surface area contributed by atoms with E-state index in [9.17, 15) is 9.18 Å². The van der Waals surface area contributed by atoms with Crippen molar-refractivity contribution in [1.82, 2.24) is 0 Å². The lowest BCUT2D eigenvalue weighted by Gasteiger charge is -2.13. The van der Waals surface area contributed by atoms with E-state index in [2.05, 4.69) is 15.9 Å². The molecule has 0 heterocycles. The Kier molecular flexibility index (Phi) is 6.62. The molecular formula is C17H12BrClFNO4. The van der Waals surface area contributed by atoms with E-state index in [1.54, 1.807) is 6.92 Å². The van der Waals surface area contributed by atoms with Gasteiger partial charge in [-0.05, 0) is 53.2 Å². The molecule has 0 aliphatic rings. The molecule has 2 rings (SSSR count). The van der Waals surface area contributed by atoms with Crippen LogP contribution in [0.5, 0.6) is 17.2 Å². The molecule has 25 heavy (non-hydrogen) atoms. The molecule has 0 aliphatic carbocycles. The molecule has 2 aromatic carbocycles. The van der Waals surface area contributed by atoms with Crippen molar-refractivity contribution < 1.29 is 23.4 Å². The molecule has 0 fully saturated rings. The summed E-state index contributed by atoms with van der Waals surface area (Å²) >= 11 is 9.10. The van der Waals surface area contributed by atoms with Gasteiger partial charge in [0, 0.05) is 5.02 Å². The van der Waals surface area contributed by atoms with Gasteiger partial charge in [-0.1, -0.05) is 11.6 Å². The number of esters is 1. The highest BCUT2D eigenvalue weighted by Crippen LogP contribution is 2.38. The van der Waals surface area contributed by atoms with Crippen molar-refractivity contribution >= 4 is 33.5 Å². The molecular weight excluding hydrogens is 417 g/mol. The average Bonchev–Trinajstić information content (AvgIpc) is 2.57. The molecule has 0 N–H and O–H groups in total. The van der Waals surface area contributed by atoms with Crippen LogP contribution < -0.4 is 9.47 Å². The topological polar surface area (TPSA) is 68.6 Å². The van der Waals surface area contributed by atoms with E-state index >= 15 is 0 Å². The molecule has 0 aliphatic heterocycles. The van der Waals surface area contributed by atoms with Crippen LogP contribution in [0.15, 0.2) is 34.8 Å². The predicted molar refractivity (Wildman–Crippen MR) is 92.5 cm³/mol. The standard InChI is InChI=1S/C17H12BrClFNO4/c1-2-23-15(22)9-24-14-4-3-13(18)17(16(14)20)25-12-6-10(8-21)5-11(19)7-12/h3-7H,2,9H2,1H3. The maximum absolute atomic E-state index is 14.6. The number of nitrogens with zero attached hydrogens (tertiary/aromatic N) is 1. The maximum atomic E-state index is 14.6. The van der Waals surface area contributed by atoms with Gasteiger partial charge >= 0.3 is 5.97 Å². The van der Waals surface area contributed by atoms with Crippen LogP contribution in [0.1, 0.15) is 12.5 Å². The highest BCUT2D eigenvalue weighted by atomic mass is 79.9. The Hall–Kier alpha value is -2.30. The largest absolute Gasteiger partial charge is 0.479 e. The molecule has 5 nitrogen and oxygen atoms in total. The highest BCUT2D eigenvalue weighted by molar-refractivity contribution is 9.10. The second-order valence-corrected chi connectivity index (χ2v) is 5.96. The lowest BCUT2D eigenvalue weighted by molar-refractivity contribution is -0.145. The molecule has 8 heteroatoms. The first kappa shape index (κ1) is 19.0. The molecule has 0 bridgehead atoms. The molecule has 0 unspecified atom stereocenters. The molecule has 0 aromatic heterocycles. The predicted octanol–water partition coefficient (Wildman–Crippen LogP) is 4.85. The van der Waals surface area contributed by atoms with Crippen LogP contribution in [0.25, 0.3) is 0 Å². The Balaban J connectivity index is 2.26. The first-order chi connectivity index (χ1) is 11.9. The van der Waals surface area contributed by atoms with E-state index in [4.69, 9.17) is 31.1 Å². The van der Waals surface area contributed by atoms with Gasteiger partial charge in [-0.15, -0.1) is 0 Å². The summed E-state index contributed by atoms with van der Waals surface area (Å²) < 4.78 is 30.3. The van der Waals surface area contributed by atoms with Crippen LogP contribution in [0.3, 0.4) is 0 Å². The van der Waals surface area contributed by atoms with Gasteiger partial charge in [0.2, 0.25) is 5.82 Å². The number of nitriles is 1. The van der Waals surface area contributed by atoms with Gasteiger partial charge in [0.05, 0.1) is 22.7 Å². The third kappa shape index (κ3) is 5.08. The summed E-state index contributed by atoms with van der Waals surface area (Å²) in [4.78, 5) is 11.3. The van der Waals surface area contributed by atoms with E-state index in [0.717, 1.165) is 0 Å². The number of rotatable bonds is 6. The lowest BCUT2D eigenvalue weighted by atomic mass is 10.2. The van der Waals surface area contributed by atoms with Gasteiger partial charge in [0.15, 0.2) is 18.1 Å². The Morgan fingerprint density at radius 2 is 2.12 bits per heavy atom. The van der Waals surface area contributed by atoms with Gasteiger partial charge < -0.3 is 14.2 Å². The fourth-order valence-corrected chi connectivity index (χ4v) is 2.48. The van der Waals surface area contributed by atoms with Crippen molar-refractivity contribution in [3.05, 3.63) is 51.2 Å². The van der Waals surface area contributed by atoms with Crippen molar-refractivity contribution in [2.45, 2.75) is 6.92 Å². The van der Waals surface area contributed by atoms with E-state index < -0.39 is 18.4 Å². The third-order valence-electron chi connectivity index (χ3n) is 2.88. The molecule has 0 radical (unpaired) electrons. The summed E-state index contributed by atoms with van der Waals surface area (Å²) in [5.41, 5.74) is 0.272. The number of carbonyl (C=O) groups is 1. The molecule has 130 valence electrons. The van der Waals surface area contributed by atoms with Crippen molar-refractivity contribution in [2.24, 2.45) is 0 Å². The second kappa shape index (κ2) is 8.70. The number of ether oxygens (including phenoxy) is 3. The number of halogens is 3. The summed E-state index contributed by atoms with van der Waals surface area (Å²) in [6, 6.07) is 9.12. The minimum Gasteiger partial charge on any atom is -0.479 e. The molecule has 0 saturated carbocycles. The zero-order valence-corrected chi connectivity index (χ0v) is 15.4. The molecule has 0 amide bonds. The Labute approximate surface area is 157 Å². The first-order valence-corrected chi connectivity index (χ1v) is 8.26. The van der Waals surface area contributed by atoms with E-state index in [1.807, 2.05) is 6.07 Å². The highest BCUT2D eigenvalue weighted by Gasteiger charge is 2.17. The number of carbonyl (C=O) groups excluding carboxylic acids is 1. The molecule has 0 spiro atoms. The fraction of sp³-hybridized carbons (Fsp3) is 0.176. The Morgan fingerprint density at radius 3 is 2.80 bits per heavy atom. The Morgan fingerprint density at radius 1 is 1.36 bits per heavy atom. The van der Waals surface area contributed by atoms with E-state index in [1.165, 1.54) is 30.3 Å². The normalized spacial score (nSPS) is 10.0. The van der Waals surface area contributed by atoms with Gasteiger partial charge in [0.25, 0.3) is 0 Å². The van der Waals surface area contributed by atoms with Crippen LogP contribution in [0, 0.1) is 17.1 Å². The summed E-state index contributed by atoms with van der Waals surface area (Å²) in [6.45, 7) is 1.43. The molecule has 0 saturated heterocycles. The van der Waals surface area contributed by atoms with Gasteiger partial charge in [0.1, 0.15) is 5.75 Å². The third-order valence-corrected chi connectivity index (χ3v) is 3.73. The van der Waals surface area contributed by atoms with E-state index in [-0.39, 0.29) is 34.4 Å². The van der Waals surface area contributed by atoms with Crippen molar-refractivity contribution in [3.63, 3.8) is 0 Å². The van der Waals surface area contributed by atoms with Crippen LogP contribution in [-0.4, -0.2) is 19.2 Å². The second-order valence-electron chi connectivity index (χ2n) is 4.67. The van der Waals surface area contributed by atoms with Crippen molar-refractivity contribution in [2.75, 3.05) is 13.2 Å². The first-order valence-electron chi connectivity index (χ1n) is 7.09. The van der Waals surface area contributed by atoms with Gasteiger partial charge in [-0.25, -0.2) is 4.79 Å². The fourth-order valence-electron chi connectivity index (χ4n) is 1.86.